The number of nitrogens with one attached hydrogen (secondary N) is 2. The Hall–Kier alpha value is -3.49. The molecule has 0 radical (unpaired) electrons. The Bertz CT molecular complexity index is 1220. The second-order valence-electron chi connectivity index (χ2n) is 8.72. The van der Waals surface area contributed by atoms with E-state index in [-0.39, 0.29) is 17.3 Å². The highest BCUT2D eigenvalue weighted by Gasteiger charge is 2.25. The second-order valence-corrected chi connectivity index (χ2v) is 8.72. The van der Waals surface area contributed by atoms with E-state index >= 15 is 0 Å². The van der Waals surface area contributed by atoms with Crippen molar-refractivity contribution in [2.45, 2.75) is 39.3 Å². The zero-order chi connectivity index (χ0) is 23.5. The maximum Gasteiger partial charge on any atom is 0.319 e. The summed E-state index contributed by atoms with van der Waals surface area (Å²) in [5.74, 6) is -0.813. The standard InChI is InChI=1S/C24H27F2N5O2/c1-15(2)14-31-21-6-4-3-5-20(21)28-22(23(31)32)30-11-9-17(10-12-30)27-24(33)29-19-8-7-16(25)13-18(19)26/h3-8,13,15,17H,9-12,14H2,1-2H3,(H2,27,29,33). The van der Waals surface area contributed by atoms with Crippen LogP contribution in [-0.4, -0.2) is 34.7 Å². The van der Waals surface area contributed by atoms with E-state index in [1.165, 1.54) is 6.07 Å². The summed E-state index contributed by atoms with van der Waals surface area (Å²) in [5, 5.41) is 5.23. The summed E-state index contributed by atoms with van der Waals surface area (Å²) in [7, 11) is 0. The monoisotopic (exact) mass is 455 g/mol. The van der Waals surface area contributed by atoms with Gasteiger partial charge in [-0.25, -0.2) is 18.6 Å². The Morgan fingerprint density at radius 1 is 1.15 bits per heavy atom. The molecule has 2 heterocycles. The van der Waals surface area contributed by atoms with Crippen molar-refractivity contribution in [1.29, 1.82) is 0 Å². The molecule has 0 saturated carbocycles. The molecule has 0 spiro atoms. The first kappa shape index (κ1) is 22.7. The minimum atomic E-state index is -0.833. The number of carbonyl (C=O) groups is 1. The number of nitrogens with zero attached hydrogens (tertiary/aromatic N) is 3. The SMILES string of the molecule is CC(C)Cn1c(=O)c(N2CCC(NC(=O)Nc3ccc(F)cc3F)CC2)nc2ccccc21. The molecule has 3 aromatic rings. The largest absolute Gasteiger partial charge is 0.352 e. The summed E-state index contributed by atoms with van der Waals surface area (Å²) in [6.45, 7) is 5.85. The van der Waals surface area contributed by atoms with E-state index in [0.717, 1.165) is 23.2 Å². The van der Waals surface area contributed by atoms with Gasteiger partial charge < -0.3 is 20.1 Å². The Morgan fingerprint density at radius 3 is 2.58 bits per heavy atom. The third-order valence-corrected chi connectivity index (χ3v) is 5.69. The van der Waals surface area contributed by atoms with E-state index in [1.54, 1.807) is 4.57 Å². The number of halogens is 2. The lowest BCUT2D eigenvalue weighted by Gasteiger charge is -2.33. The van der Waals surface area contributed by atoms with Crippen molar-refractivity contribution >= 4 is 28.6 Å². The van der Waals surface area contributed by atoms with Gasteiger partial charge in [-0.15, -0.1) is 0 Å². The van der Waals surface area contributed by atoms with E-state index in [9.17, 15) is 18.4 Å². The van der Waals surface area contributed by atoms with E-state index in [1.807, 2.05) is 29.2 Å². The molecular weight excluding hydrogens is 428 g/mol. The van der Waals surface area contributed by atoms with Crippen molar-refractivity contribution < 1.29 is 13.6 Å². The van der Waals surface area contributed by atoms with Gasteiger partial charge in [0.15, 0.2) is 5.82 Å². The van der Waals surface area contributed by atoms with Crippen LogP contribution in [0.4, 0.5) is 25.1 Å². The predicted octanol–water partition coefficient (Wildman–Crippen LogP) is 4.12. The number of anilines is 2. The van der Waals surface area contributed by atoms with Crippen LogP contribution in [0.15, 0.2) is 47.3 Å². The third kappa shape index (κ3) is 5.13. The Balaban J connectivity index is 1.44. The molecule has 1 aliphatic rings. The zero-order valence-corrected chi connectivity index (χ0v) is 18.6. The Morgan fingerprint density at radius 2 is 1.88 bits per heavy atom. The molecule has 1 aromatic heterocycles. The van der Waals surface area contributed by atoms with Gasteiger partial charge in [0.25, 0.3) is 5.56 Å². The quantitative estimate of drug-likeness (QED) is 0.607. The van der Waals surface area contributed by atoms with Crippen LogP contribution in [0.3, 0.4) is 0 Å². The number of amides is 2. The fraction of sp³-hybridized carbons (Fsp3) is 0.375. The van der Waals surface area contributed by atoms with Crippen LogP contribution in [-0.2, 0) is 6.54 Å². The van der Waals surface area contributed by atoms with Crippen molar-refractivity contribution in [3.63, 3.8) is 0 Å². The first-order chi connectivity index (χ1) is 15.8. The van der Waals surface area contributed by atoms with Crippen molar-refractivity contribution in [2.75, 3.05) is 23.3 Å². The fourth-order valence-corrected chi connectivity index (χ4v) is 4.10. The van der Waals surface area contributed by atoms with E-state index in [0.29, 0.717) is 44.2 Å². The van der Waals surface area contributed by atoms with E-state index < -0.39 is 17.7 Å². The Kier molecular flexibility index (Phi) is 6.57. The number of piperidine rings is 1. The number of benzene rings is 2. The minimum absolute atomic E-state index is 0.0857. The lowest BCUT2D eigenvalue weighted by atomic mass is 10.1. The van der Waals surface area contributed by atoms with Gasteiger partial charge >= 0.3 is 6.03 Å². The van der Waals surface area contributed by atoms with Gasteiger partial charge in [-0.05, 0) is 43.0 Å². The molecule has 0 bridgehead atoms. The molecule has 9 heteroatoms. The molecular formula is C24H27F2N5O2. The summed E-state index contributed by atoms with van der Waals surface area (Å²) in [6, 6.07) is 9.92. The lowest BCUT2D eigenvalue weighted by Crippen LogP contribution is -2.47. The highest BCUT2D eigenvalue weighted by atomic mass is 19.1. The van der Waals surface area contributed by atoms with Crippen LogP contribution in [0.1, 0.15) is 26.7 Å². The predicted molar refractivity (Wildman–Crippen MR) is 125 cm³/mol. The Labute approximate surface area is 190 Å². The van der Waals surface area contributed by atoms with Crippen LogP contribution in [0.2, 0.25) is 0 Å². The third-order valence-electron chi connectivity index (χ3n) is 5.69. The number of para-hydroxylation sites is 2. The zero-order valence-electron chi connectivity index (χ0n) is 18.6. The first-order valence-electron chi connectivity index (χ1n) is 11.1. The van der Waals surface area contributed by atoms with Gasteiger partial charge in [-0.2, -0.15) is 0 Å². The molecule has 4 rings (SSSR count). The van der Waals surface area contributed by atoms with Crippen LogP contribution in [0.25, 0.3) is 11.0 Å². The van der Waals surface area contributed by atoms with E-state index in [4.69, 9.17) is 0 Å². The number of hydrogen-bond acceptors (Lipinski definition) is 4. The molecule has 0 aliphatic carbocycles. The maximum atomic E-state index is 13.8. The van der Waals surface area contributed by atoms with Gasteiger partial charge in [-0.3, -0.25) is 4.79 Å². The van der Waals surface area contributed by atoms with Crippen molar-refractivity contribution in [2.24, 2.45) is 5.92 Å². The van der Waals surface area contributed by atoms with Crippen LogP contribution < -0.4 is 21.1 Å². The van der Waals surface area contributed by atoms with Gasteiger partial charge in [-0.1, -0.05) is 26.0 Å². The summed E-state index contributed by atoms with van der Waals surface area (Å²) >= 11 is 0. The molecule has 1 saturated heterocycles. The number of rotatable bonds is 5. The summed E-state index contributed by atoms with van der Waals surface area (Å²) in [5.41, 5.74) is 1.39. The van der Waals surface area contributed by atoms with Crippen LogP contribution in [0, 0.1) is 17.6 Å². The summed E-state index contributed by atoms with van der Waals surface area (Å²) in [4.78, 5) is 32.1. The van der Waals surface area contributed by atoms with Gasteiger partial charge in [0, 0.05) is 31.7 Å². The molecule has 2 aromatic carbocycles. The topological polar surface area (TPSA) is 79.3 Å². The van der Waals surface area contributed by atoms with Gasteiger partial charge in [0.2, 0.25) is 0 Å². The molecule has 7 nitrogen and oxygen atoms in total. The summed E-state index contributed by atoms with van der Waals surface area (Å²) < 4.78 is 28.6. The maximum absolute atomic E-state index is 13.8. The molecule has 1 aliphatic heterocycles. The van der Waals surface area contributed by atoms with Crippen molar-refractivity contribution in [1.82, 2.24) is 14.9 Å². The second kappa shape index (κ2) is 9.56. The number of carbonyl (C=O) groups excluding carboxylic acids is 1. The fourth-order valence-electron chi connectivity index (χ4n) is 4.10. The molecule has 0 atom stereocenters. The number of hydrogen-bond donors (Lipinski definition) is 2. The molecule has 0 unspecified atom stereocenters. The average Bonchev–Trinajstić information content (AvgIpc) is 2.78. The van der Waals surface area contributed by atoms with Crippen LogP contribution in [0.5, 0.6) is 0 Å². The minimum Gasteiger partial charge on any atom is -0.352 e. The van der Waals surface area contributed by atoms with Gasteiger partial charge in [0.05, 0.1) is 16.7 Å². The summed E-state index contributed by atoms with van der Waals surface area (Å²) in [6.07, 6.45) is 1.22. The van der Waals surface area contributed by atoms with Crippen LogP contribution >= 0.6 is 0 Å². The normalized spacial score (nSPS) is 14.6. The molecule has 2 N–H and O–H groups in total. The molecule has 33 heavy (non-hydrogen) atoms. The smallest absolute Gasteiger partial charge is 0.319 e. The van der Waals surface area contributed by atoms with Crippen molar-refractivity contribution in [3.05, 3.63) is 64.5 Å². The first-order valence-corrected chi connectivity index (χ1v) is 11.1. The highest BCUT2D eigenvalue weighted by Crippen LogP contribution is 2.20. The highest BCUT2D eigenvalue weighted by molar-refractivity contribution is 5.89. The van der Waals surface area contributed by atoms with E-state index in [2.05, 4.69) is 29.5 Å². The average molecular weight is 456 g/mol. The van der Waals surface area contributed by atoms with Gasteiger partial charge in [0.1, 0.15) is 11.6 Å². The number of urea groups is 1. The lowest BCUT2D eigenvalue weighted by molar-refractivity contribution is 0.246. The molecule has 1 fully saturated rings. The van der Waals surface area contributed by atoms with Crippen molar-refractivity contribution in [3.8, 4) is 0 Å². The molecule has 2 amide bonds. The number of fused-ring (bicyclic) bond motifs is 1. The molecule has 174 valence electrons. The number of aromatic nitrogens is 2.